The van der Waals surface area contributed by atoms with Gasteiger partial charge < -0.3 is 25.2 Å². The highest BCUT2D eigenvalue weighted by Gasteiger charge is 2.82. The first-order valence-corrected chi connectivity index (χ1v) is 9.30. The molecule has 0 aromatic heterocycles. The fourth-order valence-corrected chi connectivity index (χ4v) is 6.26. The summed E-state index contributed by atoms with van der Waals surface area (Å²) in [4.78, 5) is 13.3. The van der Waals surface area contributed by atoms with Crippen LogP contribution in [0.2, 0.25) is 0 Å². The van der Waals surface area contributed by atoms with Crippen LogP contribution in [-0.4, -0.2) is 56.4 Å². The Labute approximate surface area is 153 Å². The van der Waals surface area contributed by atoms with E-state index in [2.05, 4.69) is 6.58 Å². The van der Waals surface area contributed by atoms with E-state index in [1.807, 2.05) is 13.8 Å². The molecular weight excluding hydrogens is 336 g/mol. The molecule has 6 atom stereocenters. The van der Waals surface area contributed by atoms with Gasteiger partial charge in [0.25, 0.3) is 5.79 Å². The van der Waals surface area contributed by atoms with Gasteiger partial charge in [0.15, 0.2) is 0 Å². The first-order valence-electron chi connectivity index (χ1n) is 9.30. The van der Waals surface area contributed by atoms with Gasteiger partial charge in [0.2, 0.25) is 5.78 Å². The minimum absolute atomic E-state index is 0.00600. The number of Topliss-reactive ketones (excluding diaryl/α,β-unsaturated/α-hetero) is 1. The van der Waals surface area contributed by atoms with Crippen molar-refractivity contribution in [2.24, 2.45) is 16.2 Å². The molecular formula is C20H28O6. The maximum Gasteiger partial charge on any atom is 0.262 e. The third kappa shape index (κ3) is 1.61. The Morgan fingerprint density at radius 2 is 1.85 bits per heavy atom. The fourth-order valence-electron chi connectivity index (χ4n) is 6.26. The summed E-state index contributed by atoms with van der Waals surface area (Å²) in [5.74, 6) is -3.26. The summed E-state index contributed by atoms with van der Waals surface area (Å²) in [7, 11) is 0. The van der Waals surface area contributed by atoms with Gasteiger partial charge in [-0.15, -0.1) is 6.58 Å². The summed E-state index contributed by atoms with van der Waals surface area (Å²) >= 11 is 0. The molecule has 6 nitrogen and oxygen atoms in total. The zero-order valence-corrected chi connectivity index (χ0v) is 15.6. The van der Waals surface area contributed by atoms with Crippen molar-refractivity contribution in [1.82, 2.24) is 0 Å². The standard InChI is InChI=1S/C20H28O6/c1-5-17(4)9-11(21)13-12(14(17)22)15(23)19(24)20(25)16(2,3)7-6-8-18(13,20)10-26-19/h5,11,14,21-22,24-25H,1,6-10H2,2-4H3/t11-,14-,17-,18+,19+,20-/m1/s1. The van der Waals surface area contributed by atoms with Crippen LogP contribution >= 0.6 is 0 Å². The van der Waals surface area contributed by atoms with Gasteiger partial charge in [0, 0.05) is 16.4 Å². The topological polar surface area (TPSA) is 107 Å². The number of ketones is 1. The summed E-state index contributed by atoms with van der Waals surface area (Å²) in [6.07, 6.45) is 1.36. The van der Waals surface area contributed by atoms with E-state index in [0.717, 1.165) is 6.42 Å². The van der Waals surface area contributed by atoms with Gasteiger partial charge in [-0.05, 0) is 24.8 Å². The molecule has 0 spiro atoms. The van der Waals surface area contributed by atoms with Gasteiger partial charge in [-0.25, -0.2) is 0 Å². The van der Waals surface area contributed by atoms with E-state index in [1.165, 1.54) is 6.08 Å². The third-order valence-corrected chi connectivity index (χ3v) is 7.78. The molecule has 0 aromatic rings. The van der Waals surface area contributed by atoms with E-state index in [9.17, 15) is 25.2 Å². The molecule has 0 amide bonds. The van der Waals surface area contributed by atoms with Gasteiger partial charge in [-0.2, -0.15) is 0 Å². The number of hydrogen-bond acceptors (Lipinski definition) is 6. The first-order chi connectivity index (χ1) is 11.9. The molecule has 0 aromatic carbocycles. The SMILES string of the molecule is C=C[C@]1(C)C[C@@H](O)C2=C(C(=O)[C@]3(O)OC[C@@]24CCCC(C)(C)[C@@]43O)[C@H]1O. The third-order valence-electron chi connectivity index (χ3n) is 7.78. The highest BCUT2D eigenvalue weighted by Crippen LogP contribution is 2.70. The Balaban J connectivity index is 2.06. The fraction of sp³-hybridized carbons (Fsp3) is 0.750. The van der Waals surface area contributed by atoms with Gasteiger partial charge in [0.05, 0.1) is 24.2 Å². The largest absolute Gasteiger partial charge is 0.389 e. The Hall–Kier alpha value is -1.05. The predicted molar refractivity (Wildman–Crippen MR) is 92.9 cm³/mol. The van der Waals surface area contributed by atoms with Crippen LogP contribution in [0.5, 0.6) is 0 Å². The Morgan fingerprint density at radius 1 is 1.19 bits per heavy atom. The van der Waals surface area contributed by atoms with E-state index < -0.39 is 45.6 Å². The molecule has 1 saturated carbocycles. The molecule has 1 aliphatic heterocycles. The summed E-state index contributed by atoms with van der Waals surface area (Å²) < 4.78 is 5.61. The number of carbonyl (C=O) groups is 1. The van der Waals surface area contributed by atoms with E-state index in [-0.39, 0.29) is 18.6 Å². The number of aliphatic hydroxyl groups is 4. The Bertz CT molecular complexity index is 741. The highest BCUT2D eigenvalue weighted by atomic mass is 16.7. The van der Waals surface area contributed by atoms with Crippen molar-refractivity contribution < 1.29 is 30.0 Å². The molecule has 2 fully saturated rings. The second kappa shape index (κ2) is 4.86. The molecule has 2 bridgehead atoms. The maximum atomic E-state index is 13.3. The maximum absolute atomic E-state index is 13.3. The Morgan fingerprint density at radius 3 is 2.46 bits per heavy atom. The van der Waals surface area contributed by atoms with Crippen LogP contribution in [0, 0.1) is 16.2 Å². The monoisotopic (exact) mass is 364 g/mol. The zero-order chi connectivity index (χ0) is 19.3. The van der Waals surface area contributed by atoms with Crippen LogP contribution in [-0.2, 0) is 9.53 Å². The van der Waals surface area contributed by atoms with Crippen molar-refractivity contribution in [2.45, 2.75) is 70.1 Å². The molecule has 0 unspecified atom stereocenters. The molecule has 0 radical (unpaired) electrons. The molecule has 4 aliphatic rings. The molecule has 4 N–H and O–H groups in total. The lowest BCUT2D eigenvalue weighted by molar-refractivity contribution is -0.292. The second-order valence-electron chi connectivity index (χ2n) is 9.45. The first kappa shape index (κ1) is 18.3. The second-order valence-corrected chi connectivity index (χ2v) is 9.45. The van der Waals surface area contributed by atoms with Gasteiger partial charge >= 0.3 is 0 Å². The number of aliphatic hydroxyl groups excluding tert-OH is 2. The van der Waals surface area contributed by atoms with E-state index in [1.54, 1.807) is 6.92 Å². The molecule has 1 heterocycles. The van der Waals surface area contributed by atoms with Crippen LogP contribution < -0.4 is 0 Å². The van der Waals surface area contributed by atoms with Crippen molar-refractivity contribution in [3.8, 4) is 0 Å². The molecule has 144 valence electrons. The lowest BCUT2D eigenvalue weighted by Crippen LogP contribution is -2.75. The summed E-state index contributed by atoms with van der Waals surface area (Å²) in [6, 6.07) is 0. The molecule has 4 rings (SSSR count). The molecule has 6 heteroatoms. The van der Waals surface area contributed by atoms with Crippen molar-refractivity contribution in [3.63, 3.8) is 0 Å². The molecule has 3 aliphatic carbocycles. The quantitative estimate of drug-likeness (QED) is 0.514. The van der Waals surface area contributed by atoms with Crippen LogP contribution in [0.15, 0.2) is 23.8 Å². The van der Waals surface area contributed by atoms with E-state index in [4.69, 9.17) is 4.74 Å². The lowest BCUT2D eigenvalue weighted by atomic mass is 9.43. The zero-order valence-electron chi connectivity index (χ0n) is 15.6. The smallest absolute Gasteiger partial charge is 0.262 e. The summed E-state index contributed by atoms with van der Waals surface area (Å²) in [5, 5.41) is 45.1. The van der Waals surface area contributed by atoms with Crippen molar-refractivity contribution in [3.05, 3.63) is 23.8 Å². The van der Waals surface area contributed by atoms with E-state index >= 15 is 0 Å². The van der Waals surface area contributed by atoms with Crippen LogP contribution in [0.25, 0.3) is 0 Å². The van der Waals surface area contributed by atoms with Crippen molar-refractivity contribution >= 4 is 5.78 Å². The predicted octanol–water partition coefficient (Wildman–Crippen LogP) is 0.830. The van der Waals surface area contributed by atoms with Crippen LogP contribution in [0.3, 0.4) is 0 Å². The molecule has 26 heavy (non-hydrogen) atoms. The van der Waals surface area contributed by atoms with Gasteiger partial charge in [-0.3, -0.25) is 4.79 Å². The number of hydrogen-bond donors (Lipinski definition) is 4. The lowest BCUT2D eigenvalue weighted by Gasteiger charge is -2.62. The summed E-state index contributed by atoms with van der Waals surface area (Å²) in [5.41, 5.74) is -4.30. The average Bonchev–Trinajstić information content (AvgIpc) is 2.75. The number of rotatable bonds is 1. The van der Waals surface area contributed by atoms with Crippen molar-refractivity contribution in [1.29, 1.82) is 0 Å². The van der Waals surface area contributed by atoms with Gasteiger partial charge in [0.1, 0.15) is 5.60 Å². The minimum Gasteiger partial charge on any atom is -0.389 e. The van der Waals surface area contributed by atoms with E-state index in [0.29, 0.717) is 18.4 Å². The summed E-state index contributed by atoms with van der Waals surface area (Å²) in [6.45, 7) is 9.05. The Kier molecular flexibility index (Phi) is 3.42. The number of carbonyl (C=O) groups excluding carboxylic acids is 1. The van der Waals surface area contributed by atoms with Crippen molar-refractivity contribution in [2.75, 3.05) is 6.61 Å². The average molecular weight is 364 g/mol. The molecule has 1 saturated heterocycles. The van der Waals surface area contributed by atoms with Crippen LogP contribution in [0.4, 0.5) is 0 Å². The highest BCUT2D eigenvalue weighted by molar-refractivity contribution is 6.06. The van der Waals surface area contributed by atoms with Crippen LogP contribution in [0.1, 0.15) is 46.5 Å². The minimum atomic E-state index is -2.42. The number of ether oxygens (including phenoxy) is 1. The van der Waals surface area contributed by atoms with Gasteiger partial charge in [-0.1, -0.05) is 33.3 Å². The normalized spacial score (nSPS) is 52.5.